The van der Waals surface area contributed by atoms with Crippen molar-refractivity contribution >= 4 is 5.97 Å². The van der Waals surface area contributed by atoms with E-state index >= 15 is 0 Å². The molecule has 66 valence electrons. The molecule has 0 aromatic heterocycles. The van der Waals surface area contributed by atoms with Gasteiger partial charge in [0.05, 0.1) is 5.41 Å². The van der Waals surface area contributed by atoms with Crippen LogP contribution >= 0.6 is 0 Å². The number of aliphatic carboxylic acids is 1. The van der Waals surface area contributed by atoms with Gasteiger partial charge in [0, 0.05) is 27.7 Å². The molecule has 0 aromatic carbocycles. The molecular formula is C9H16HgO2. The van der Waals surface area contributed by atoms with Gasteiger partial charge in [-0.15, -0.1) is 0 Å². The topological polar surface area (TPSA) is 37.3 Å². The summed E-state index contributed by atoms with van der Waals surface area (Å²) in [5.41, 5.74) is -0.433. The normalized spacial score (nSPS) is 35.3. The Bertz CT molecular complexity index is 170. The molecule has 0 aromatic rings. The summed E-state index contributed by atoms with van der Waals surface area (Å²) >= 11 is 0. The van der Waals surface area contributed by atoms with E-state index in [1.54, 1.807) is 0 Å². The van der Waals surface area contributed by atoms with Gasteiger partial charge < -0.3 is 5.11 Å². The first kappa shape index (κ1) is 12.4. The molecule has 0 radical (unpaired) electrons. The van der Waals surface area contributed by atoms with E-state index in [9.17, 15) is 4.79 Å². The minimum atomic E-state index is -0.621. The standard InChI is InChI=1S/C9H16O2.Hg/c1-7-4-3-5-9(2,6-7)8(10)11;/h7H,3-6H2,1-2H3,(H,10,11);. The molecule has 1 fully saturated rings. The summed E-state index contributed by atoms with van der Waals surface area (Å²) in [4.78, 5) is 10.8. The zero-order chi connectivity index (χ0) is 8.48. The van der Waals surface area contributed by atoms with Gasteiger partial charge in [-0.3, -0.25) is 4.79 Å². The van der Waals surface area contributed by atoms with E-state index < -0.39 is 11.4 Å². The van der Waals surface area contributed by atoms with Gasteiger partial charge in [-0.05, 0) is 25.7 Å². The monoisotopic (exact) mass is 358 g/mol. The Labute approximate surface area is 94.2 Å². The molecule has 0 aliphatic heterocycles. The second-order valence-electron chi connectivity index (χ2n) is 4.07. The van der Waals surface area contributed by atoms with Gasteiger partial charge in [-0.25, -0.2) is 0 Å². The van der Waals surface area contributed by atoms with Crippen molar-refractivity contribution in [3.8, 4) is 0 Å². The predicted molar refractivity (Wildman–Crippen MR) is 43.4 cm³/mol. The van der Waals surface area contributed by atoms with Crippen LogP contribution in [-0.2, 0) is 32.5 Å². The third-order valence-corrected chi connectivity index (χ3v) is 2.74. The molecule has 1 aliphatic carbocycles. The third-order valence-electron chi connectivity index (χ3n) is 2.74. The van der Waals surface area contributed by atoms with Crippen LogP contribution in [0.1, 0.15) is 39.5 Å². The van der Waals surface area contributed by atoms with Gasteiger partial charge in [0.2, 0.25) is 0 Å². The average Bonchev–Trinajstić information content (AvgIpc) is 1.86. The van der Waals surface area contributed by atoms with Gasteiger partial charge in [-0.2, -0.15) is 0 Å². The van der Waals surface area contributed by atoms with E-state index in [4.69, 9.17) is 5.11 Å². The molecule has 1 saturated carbocycles. The van der Waals surface area contributed by atoms with Crippen molar-refractivity contribution in [1.82, 2.24) is 0 Å². The van der Waals surface area contributed by atoms with Crippen molar-refractivity contribution in [2.75, 3.05) is 0 Å². The molecule has 0 saturated heterocycles. The SMILES string of the molecule is CC1CCCC(C)(C(=O)O)C1.[Hg]. The molecule has 0 bridgehead atoms. The Morgan fingerprint density at radius 3 is 2.50 bits per heavy atom. The number of carboxylic acids is 1. The van der Waals surface area contributed by atoms with Crippen molar-refractivity contribution in [1.29, 1.82) is 0 Å². The van der Waals surface area contributed by atoms with Crippen molar-refractivity contribution in [3.63, 3.8) is 0 Å². The van der Waals surface area contributed by atoms with Crippen LogP contribution in [0.3, 0.4) is 0 Å². The Kier molecular flexibility index (Phi) is 4.74. The summed E-state index contributed by atoms with van der Waals surface area (Å²) in [5.74, 6) is -0.0334. The van der Waals surface area contributed by atoms with Gasteiger partial charge >= 0.3 is 5.97 Å². The van der Waals surface area contributed by atoms with Crippen LogP contribution in [-0.4, -0.2) is 11.1 Å². The first-order chi connectivity index (χ1) is 5.04. The molecule has 0 spiro atoms. The van der Waals surface area contributed by atoms with Crippen molar-refractivity contribution in [2.45, 2.75) is 39.5 Å². The Morgan fingerprint density at radius 2 is 2.17 bits per heavy atom. The fourth-order valence-corrected chi connectivity index (χ4v) is 2.01. The van der Waals surface area contributed by atoms with E-state index in [1.807, 2.05) is 6.92 Å². The van der Waals surface area contributed by atoms with Crippen LogP contribution in [0.15, 0.2) is 0 Å². The van der Waals surface area contributed by atoms with Crippen molar-refractivity contribution in [2.24, 2.45) is 11.3 Å². The molecule has 2 unspecified atom stereocenters. The molecule has 1 N–H and O–H groups in total. The second-order valence-corrected chi connectivity index (χ2v) is 4.07. The number of carbonyl (C=O) groups is 1. The molecule has 2 nitrogen and oxygen atoms in total. The van der Waals surface area contributed by atoms with E-state index in [-0.39, 0.29) is 27.7 Å². The summed E-state index contributed by atoms with van der Waals surface area (Å²) in [6.07, 6.45) is 3.97. The molecule has 12 heavy (non-hydrogen) atoms. The van der Waals surface area contributed by atoms with E-state index in [0.717, 1.165) is 19.3 Å². The third kappa shape index (κ3) is 2.72. The maximum atomic E-state index is 10.8. The summed E-state index contributed by atoms with van der Waals surface area (Å²) in [6.45, 7) is 4.01. The van der Waals surface area contributed by atoms with E-state index in [2.05, 4.69) is 6.92 Å². The summed E-state index contributed by atoms with van der Waals surface area (Å²) in [7, 11) is 0. The van der Waals surface area contributed by atoms with Crippen LogP contribution in [0.25, 0.3) is 0 Å². The van der Waals surface area contributed by atoms with Crippen LogP contribution < -0.4 is 0 Å². The maximum Gasteiger partial charge on any atom is 0.309 e. The molecule has 1 aliphatic rings. The van der Waals surface area contributed by atoms with Gasteiger partial charge in [-0.1, -0.05) is 19.8 Å². The maximum absolute atomic E-state index is 10.8. The summed E-state index contributed by atoms with van der Waals surface area (Å²) in [5, 5.41) is 8.92. The largest absolute Gasteiger partial charge is 0.481 e. The first-order valence-corrected chi connectivity index (χ1v) is 4.28. The molecule has 2 atom stereocenters. The average molecular weight is 357 g/mol. The quantitative estimate of drug-likeness (QED) is 0.732. The van der Waals surface area contributed by atoms with Crippen LogP contribution in [0.2, 0.25) is 0 Å². The van der Waals surface area contributed by atoms with Crippen molar-refractivity contribution < 1.29 is 37.6 Å². The number of carboxylic acid groups (broad SMARTS) is 1. The zero-order valence-electron chi connectivity index (χ0n) is 7.97. The van der Waals surface area contributed by atoms with Gasteiger partial charge in [0.15, 0.2) is 0 Å². The van der Waals surface area contributed by atoms with Crippen LogP contribution in [0.4, 0.5) is 0 Å². The predicted octanol–water partition coefficient (Wildman–Crippen LogP) is 2.28. The molecule has 0 heterocycles. The number of rotatable bonds is 1. The van der Waals surface area contributed by atoms with Crippen LogP contribution in [0.5, 0.6) is 0 Å². The molecule has 3 heteroatoms. The Morgan fingerprint density at radius 1 is 1.58 bits per heavy atom. The fourth-order valence-electron chi connectivity index (χ4n) is 2.01. The fraction of sp³-hybridized carbons (Fsp3) is 0.889. The Hall–Kier alpha value is 0.405. The van der Waals surface area contributed by atoms with Crippen molar-refractivity contribution in [3.05, 3.63) is 0 Å². The number of hydrogen-bond donors (Lipinski definition) is 1. The minimum absolute atomic E-state index is 0. The van der Waals surface area contributed by atoms with Gasteiger partial charge in [0.1, 0.15) is 0 Å². The first-order valence-electron chi connectivity index (χ1n) is 4.28. The molecular weight excluding hydrogens is 341 g/mol. The smallest absolute Gasteiger partial charge is 0.309 e. The Balaban J connectivity index is 0.00000121. The summed E-state index contributed by atoms with van der Waals surface area (Å²) in [6, 6.07) is 0. The molecule has 1 rings (SSSR count). The van der Waals surface area contributed by atoms with Crippen LogP contribution in [0, 0.1) is 11.3 Å². The van der Waals surface area contributed by atoms with E-state index in [0.29, 0.717) is 5.92 Å². The second kappa shape index (κ2) is 4.59. The zero-order valence-corrected chi connectivity index (χ0v) is 13.5. The molecule has 0 amide bonds. The van der Waals surface area contributed by atoms with E-state index in [1.165, 1.54) is 6.42 Å². The number of hydrogen-bond acceptors (Lipinski definition) is 1. The van der Waals surface area contributed by atoms with Gasteiger partial charge in [0.25, 0.3) is 0 Å². The summed E-state index contributed by atoms with van der Waals surface area (Å²) < 4.78 is 0. The minimum Gasteiger partial charge on any atom is -0.481 e.